The standard InChI is InChI=1S/C15H16F2N2O2S/c16-15(17,9-18)10-19-14(20)13-11(6-7-21-13)8-22-12-4-2-1-3-5-12/h1-7H,8-10,18H2,(H,19,20). The van der Waals surface area contributed by atoms with Gasteiger partial charge in [-0.2, -0.15) is 0 Å². The van der Waals surface area contributed by atoms with E-state index in [1.54, 1.807) is 6.07 Å². The molecular weight excluding hydrogens is 310 g/mol. The Hall–Kier alpha value is -1.86. The lowest BCUT2D eigenvalue weighted by atomic mass is 10.2. The summed E-state index contributed by atoms with van der Waals surface area (Å²) in [6, 6.07) is 11.3. The number of nitrogens with two attached hydrogens (primary N) is 1. The second kappa shape index (κ2) is 7.42. The number of hydrogen-bond donors (Lipinski definition) is 2. The number of amides is 1. The van der Waals surface area contributed by atoms with E-state index in [1.165, 1.54) is 18.0 Å². The van der Waals surface area contributed by atoms with Gasteiger partial charge in [-0.05, 0) is 18.2 Å². The highest BCUT2D eigenvalue weighted by Crippen LogP contribution is 2.24. The van der Waals surface area contributed by atoms with Crippen LogP contribution < -0.4 is 11.1 Å². The van der Waals surface area contributed by atoms with Gasteiger partial charge < -0.3 is 15.5 Å². The van der Waals surface area contributed by atoms with E-state index in [4.69, 9.17) is 10.2 Å². The number of thioether (sulfide) groups is 1. The molecule has 0 bridgehead atoms. The van der Waals surface area contributed by atoms with Crippen molar-refractivity contribution in [3.63, 3.8) is 0 Å². The molecule has 0 spiro atoms. The number of hydrogen-bond acceptors (Lipinski definition) is 4. The minimum atomic E-state index is -3.12. The molecular formula is C15H16F2N2O2S. The van der Waals surface area contributed by atoms with Crippen LogP contribution in [0, 0.1) is 0 Å². The van der Waals surface area contributed by atoms with E-state index < -0.39 is 24.9 Å². The molecule has 0 aliphatic rings. The molecule has 0 fully saturated rings. The SMILES string of the molecule is NCC(F)(F)CNC(=O)c1occc1CSc1ccccc1. The van der Waals surface area contributed by atoms with E-state index in [9.17, 15) is 13.6 Å². The van der Waals surface area contributed by atoms with Crippen LogP contribution in [-0.4, -0.2) is 24.9 Å². The Labute approximate surface area is 131 Å². The monoisotopic (exact) mass is 326 g/mol. The molecule has 3 N–H and O–H groups in total. The summed E-state index contributed by atoms with van der Waals surface area (Å²) >= 11 is 1.53. The third-order valence-corrected chi connectivity index (χ3v) is 3.96. The summed E-state index contributed by atoms with van der Waals surface area (Å²) < 4.78 is 31.2. The van der Waals surface area contributed by atoms with Gasteiger partial charge in [-0.1, -0.05) is 18.2 Å². The average molecular weight is 326 g/mol. The molecule has 1 amide bonds. The van der Waals surface area contributed by atoms with Crippen molar-refractivity contribution in [1.82, 2.24) is 5.32 Å². The van der Waals surface area contributed by atoms with E-state index in [0.717, 1.165) is 4.90 Å². The van der Waals surface area contributed by atoms with Crippen molar-refractivity contribution in [1.29, 1.82) is 0 Å². The summed E-state index contributed by atoms with van der Waals surface area (Å²) in [6.07, 6.45) is 1.37. The molecule has 1 aromatic heterocycles. The Morgan fingerprint density at radius 2 is 2.00 bits per heavy atom. The molecule has 0 atom stereocenters. The topological polar surface area (TPSA) is 68.3 Å². The van der Waals surface area contributed by atoms with Crippen molar-refractivity contribution in [2.24, 2.45) is 5.73 Å². The largest absolute Gasteiger partial charge is 0.459 e. The number of nitrogens with one attached hydrogen (secondary N) is 1. The maximum atomic E-state index is 13.1. The fraction of sp³-hybridized carbons (Fsp3) is 0.267. The highest BCUT2D eigenvalue weighted by atomic mass is 32.2. The second-order valence-corrected chi connectivity index (χ2v) is 5.67. The Kier molecular flexibility index (Phi) is 5.57. The van der Waals surface area contributed by atoms with Gasteiger partial charge in [-0.25, -0.2) is 8.78 Å². The lowest BCUT2D eigenvalue weighted by Gasteiger charge is -2.14. The fourth-order valence-corrected chi connectivity index (χ4v) is 2.59. The van der Waals surface area contributed by atoms with Crippen LogP contribution in [0.1, 0.15) is 16.1 Å². The van der Waals surface area contributed by atoms with Gasteiger partial charge in [0, 0.05) is 16.2 Å². The van der Waals surface area contributed by atoms with Crippen molar-refractivity contribution < 1.29 is 18.0 Å². The molecule has 1 heterocycles. The zero-order valence-corrected chi connectivity index (χ0v) is 12.5. The number of furan rings is 1. The van der Waals surface area contributed by atoms with Gasteiger partial charge in [0.25, 0.3) is 11.8 Å². The van der Waals surface area contributed by atoms with Crippen LogP contribution in [0.4, 0.5) is 8.78 Å². The Morgan fingerprint density at radius 1 is 1.27 bits per heavy atom. The Bertz CT molecular complexity index is 617. The smallest absolute Gasteiger partial charge is 0.287 e. The minimum Gasteiger partial charge on any atom is -0.459 e. The van der Waals surface area contributed by atoms with Crippen molar-refractivity contribution in [3.8, 4) is 0 Å². The molecule has 4 nitrogen and oxygen atoms in total. The molecule has 2 rings (SSSR count). The summed E-state index contributed by atoms with van der Waals surface area (Å²) in [5.41, 5.74) is 5.58. The summed E-state index contributed by atoms with van der Waals surface area (Å²) in [5, 5.41) is 2.14. The van der Waals surface area contributed by atoms with Crippen LogP contribution in [-0.2, 0) is 5.75 Å². The van der Waals surface area contributed by atoms with Crippen molar-refractivity contribution in [2.75, 3.05) is 13.1 Å². The predicted octanol–water partition coefficient (Wildman–Crippen LogP) is 2.90. The molecule has 0 aliphatic carbocycles. The van der Waals surface area contributed by atoms with Crippen molar-refractivity contribution >= 4 is 17.7 Å². The number of benzene rings is 1. The summed E-state index contributed by atoms with van der Waals surface area (Å²) in [4.78, 5) is 13.0. The van der Waals surface area contributed by atoms with Crippen LogP contribution >= 0.6 is 11.8 Å². The number of halogens is 2. The molecule has 0 aliphatic heterocycles. The van der Waals surface area contributed by atoms with Crippen LogP contribution in [0.3, 0.4) is 0 Å². The first-order valence-corrected chi connectivity index (χ1v) is 7.61. The van der Waals surface area contributed by atoms with Crippen molar-refractivity contribution in [3.05, 3.63) is 54.0 Å². The Balaban J connectivity index is 1.95. The Morgan fingerprint density at radius 3 is 2.68 bits per heavy atom. The molecule has 118 valence electrons. The molecule has 22 heavy (non-hydrogen) atoms. The zero-order chi connectivity index (χ0) is 16.0. The molecule has 0 unspecified atom stereocenters. The summed E-state index contributed by atoms with van der Waals surface area (Å²) in [6.45, 7) is -1.63. The lowest BCUT2D eigenvalue weighted by molar-refractivity contribution is 0.0115. The molecule has 0 saturated carbocycles. The van der Waals surface area contributed by atoms with Gasteiger partial charge in [-0.3, -0.25) is 4.79 Å². The first kappa shape index (κ1) is 16.5. The van der Waals surface area contributed by atoms with Crippen LogP contribution in [0.25, 0.3) is 0 Å². The second-order valence-electron chi connectivity index (χ2n) is 4.62. The van der Waals surface area contributed by atoms with E-state index in [2.05, 4.69) is 5.32 Å². The minimum absolute atomic E-state index is 0.0521. The zero-order valence-electron chi connectivity index (χ0n) is 11.7. The summed E-state index contributed by atoms with van der Waals surface area (Å²) in [5.74, 6) is -3.23. The molecule has 0 radical (unpaired) electrons. The highest BCUT2D eigenvalue weighted by molar-refractivity contribution is 7.98. The average Bonchev–Trinajstić information content (AvgIpc) is 3.00. The van der Waals surface area contributed by atoms with E-state index >= 15 is 0 Å². The van der Waals surface area contributed by atoms with E-state index in [-0.39, 0.29) is 5.76 Å². The first-order valence-electron chi connectivity index (χ1n) is 6.62. The van der Waals surface area contributed by atoms with Crippen LogP contribution in [0.15, 0.2) is 52.0 Å². The number of carbonyl (C=O) groups is 1. The van der Waals surface area contributed by atoms with Gasteiger partial charge in [0.05, 0.1) is 19.4 Å². The maximum Gasteiger partial charge on any atom is 0.287 e. The van der Waals surface area contributed by atoms with Gasteiger partial charge in [-0.15, -0.1) is 11.8 Å². The first-order chi connectivity index (χ1) is 10.5. The normalized spacial score (nSPS) is 11.4. The predicted molar refractivity (Wildman–Crippen MR) is 81.0 cm³/mol. The van der Waals surface area contributed by atoms with E-state index in [1.807, 2.05) is 30.3 Å². The van der Waals surface area contributed by atoms with Crippen LogP contribution in [0.2, 0.25) is 0 Å². The van der Waals surface area contributed by atoms with E-state index in [0.29, 0.717) is 11.3 Å². The third kappa shape index (κ3) is 4.57. The summed E-state index contributed by atoms with van der Waals surface area (Å²) in [7, 11) is 0. The molecule has 0 saturated heterocycles. The van der Waals surface area contributed by atoms with Crippen LogP contribution in [0.5, 0.6) is 0 Å². The molecule has 1 aromatic carbocycles. The number of rotatable bonds is 7. The van der Waals surface area contributed by atoms with Crippen molar-refractivity contribution in [2.45, 2.75) is 16.6 Å². The molecule has 2 aromatic rings. The number of carbonyl (C=O) groups excluding carboxylic acids is 1. The fourth-order valence-electron chi connectivity index (χ4n) is 1.69. The van der Waals surface area contributed by atoms with Gasteiger partial charge >= 0.3 is 0 Å². The number of alkyl halides is 2. The lowest BCUT2D eigenvalue weighted by Crippen LogP contribution is -2.41. The van der Waals surface area contributed by atoms with Gasteiger partial charge in [0.1, 0.15) is 0 Å². The van der Waals surface area contributed by atoms with Gasteiger partial charge in [0.2, 0.25) is 0 Å². The van der Waals surface area contributed by atoms with Gasteiger partial charge in [0.15, 0.2) is 5.76 Å². The highest BCUT2D eigenvalue weighted by Gasteiger charge is 2.28. The third-order valence-electron chi connectivity index (χ3n) is 2.90. The molecule has 7 heteroatoms. The maximum absolute atomic E-state index is 13.1. The quantitative estimate of drug-likeness (QED) is 0.768.